The molecule has 0 spiro atoms. The van der Waals surface area contributed by atoms with Gasteiger partial charge < -0.3 is 9.47 Å². The first kappa shape index (κ1) is 10.1. The maximum atomic E-state index is 5.27. The van der Waals surface area contributed by atoms with Gasteiger partial charge in [-0.3, -0.25) is 0 Å². The minimum absolute atomic E-state index is 0.358. The van der Waals surface area contributed by atoms with Gasteiger partial charge in [-0.05, 0) is 30.5 Å². The number of halogens is 1. The zero-order valence-corrected chi connectivity index (χ0v) is 10.5. The van der Waals surface area contributed by atoms with Gasteiger partial charge in [-0.2, -0.15) is 0 Å². The van der Waals surface area contributed by atoms with Gasteiger partial charge in [-0.1, -0.05) is 28.7 Å². The van der Waals surface area contributed by atoms with Crippen LogP contribution in [-0.2, 0) is 3.42 Å². The van der Waals surface area contributed by atoms with Gasteiger partial charge in [0.1, 0.15) is 0 Å². The third-order valence-electron chi connectivity index (χ3n) is 2.59. The Morgan fingerprint density at radius 3 is 2.29 bits per heavy atom. The van der Waals surface area contributed by atoms with E-state index < -0.39 is 0 Å². The first-order valence-electron chi connectivity index (χ1n) is 4.61. The zero-order valence-electron chi connectivity index (χ0n) is 8.34. The molecule has 1 aromatic carbocycles. The van der Waals surface area contributed by atoms with Crippen molar-refractivity contribution in [2.45, 2.75) is 16.3 Å². The van der Waals surface area contributed by atoms with Gasteiger partial charge in [0.15, 0.2) is 11.5 Å². The molecule has 0 bridgehead atoms. The van der Waals surface area contributed by atoms with Crippen LogP contribution in [0.15, 0.2) is 18.2 Å². The molecule has 1 saturated carbocycles. The molecule has 1 aromatic rings. The molecule has 0 aliphatic heterocycles. The molecule has 1 aliphatic carbocycles. The molecule has 2 nitrogen and oxygen atoms in total. The van der Waals surface area contributed by atoms with Crippen molar-refractivity contribution in [2.24, 2.45) is 0 Å². The summed E-state index contributed by atoms with van der Waals surface area (Å²) in [6.45, 7) is 0. The molecule has 0 aromatic heterocycles. The summed E-state index contributed by atoms with van der Waals surface area (Å²) in [5.41, 5.74) is 1.34. The third kappa shape index (κ3) is 1.69. The van der Waals surface area contributed by atoms with E-state index in [1.807, 2.05) is 6.07 Å². The van der Waals surface area contributed by atoms with E-state index in [1.54, 1.807) is 14.2 Å². The maximum absolute atomic E-state index is 5.27. The molecule has 76 valence electrons. The van der Waals surface area contributed by atoms with Crippen LogP contribution in [0.2, 0.25) is 0 Å². The lowest BCUT2D eigenvalue weighted by Gasteiger charge is -2.12. The van der Waals surface area contributed by atoms with Crippen LogP contribution in [-0.4, -0.2) is 14.2 Å². The molecule has 0 amide bonds. The Morgan fingerprint density at radius 1 is 1.14 bits per heavy atom. The van der Waals surface area contributed by atoms with Gasteiger partial charge in [0.2, 0.25) is 0 Å². The van der Waals surface area contributed by atoms with Crippen molar-refractivity contribution in [3.63, 3.8) is 0 Å². The second kappa shape index (κ2) is 3.61. The number of hydrogen-bond acceptors (Lipinski definition) is 2. The fourth-order valence-corrected chi connectivity index (χ4v) is 2.12. The Balaban J connectivity index is 2.36. The molecule has 0 N–H and O–H groups in total. The van der Waals surface area contributed by atoms with Crippen LogP contribution in [0.4, 0.5) is 0 Å². The van der Waals surface area contributed by atoms with Crippen LogP contribution < -0.4 is 9.47 Å². The van der Waals surface area contributed by atoms with E-state index in [2.05, 4.69) is 34.7 Å². The zero-order chi connectivity index (χ0) is 10.2. The summed E-state index contributed by atoms with van der Waals surface area (Å²) >= 11 is 2.51. The summed E-state index contributed by atoms with van der Waals surface area (Å²) in [7, 11) is 3.34. The summed E-state index contributed by atoms with van der Waals surface area (Å²) in [5.74, 6) is 1.63. The summed E-state index contributed by atoms with van der Waals surface area (Å²) in [4.78, 5) is 0. The summed E-state index contributed by atoms with van der Waals surface area (Å²) < 4.78 is 10.8. The largest absolute Gasteiger partial charge is 0.493 e. The first-order valence-corrected chi connectivity index (χ1v) is 5.69. The highest BCUT2D eigenvalue weighted by molar-refractivity contribution is 14.1. The molecule has 2 rings (SSSR count). The number of rotatable bonds is 3. The highest BCUT2D eigenvalue weighted by Gasteiger charge is 2.41. The van der Waals surface area contributed by atoms with Gasteiger partial charge in [0.05, 0.1) is 14.2 Å². The SMILES string of the molecule is COc1ccc(C2(I)CC2)cc1OC. The number of methoxy groups -OCH3 is 2. The van der Waals surface area contributed by atoms with E-state index in [4.69, 9.17) is 9.47 Å². The Hall–Kier alpha value is -0.450. The van der Waals surface area contributed by atoms with Crippen molar-refractivity contribution in [3.05, 3.63) is 23.8 Å². The highest BCUT2D eigenvalue weighted by atomic mass is 127. The second-order valence-corrected chi connectivity index (χ2v) is 5.60. The molecule has 1 aliphatic rings. The minimum atomic E-state index is 0.358. The van der Waals surface area contributed by atoms with Crippen molar-refractivity contribution >= 4 is 22.6 Å². The van der Waals surface area contributed by atoms with E-state index in [9.17, 15) is 0 Å². The minimum Gasteiger partial charge on any atom is -0.493 e. The van der Waals surface area contributed by atoms with Crippen molar-refractivity contribution in [1.29, 1.82) is 0 Å². The number of ether oxygens (including phenoxy) is 2. The van der Waals surface area contributed by atoms with E-state index >= 15 is 0 Å². The van der Waals surface area contributed by atoms with Crippen molar-refractivity contribution < 1.29 is 9.47 Å². The molecule has 14 heavy (non-hydrogen) atoms. The van der Waals surface area contributed by atoms with Crippen LogP contribution in [0.5, 0.6) is 11.5 Å². The molecule has 0 unspecified atom stereocenters. The van der Waals surface area contributed by atoms with E-state index in [1.165, 1.54) is 18.4 Å². The molecule has 0 saturated heterocycles. The van der Waals surface area contributed by atoms with Crippen molar-refractivity contribution in [1.82, 2.24) is 0 Å². The molecular formula is C11H13IO2. The number of alkyl halides is 1. The number of benzene rings is 1. The van der Waals surface area contributed by atoms with Gasteiger partial charge in [-0.25, -0.2) is 0 Å². The Kier molecular flexibility index (Phi) is 2.60. The van der Waals surface area contributed by atoms with Crippen molar-refractivity contribution in [3.8, 4) is 11.5 Å². The highest BCUT2D eigenvalue weighted by Crippen LogP contribution is 2.55. The Morgan fingerprint density at radius 2 is 1.79 bits per heavy atom. The molecule has 0 heterocycles. The average molecular weight is 304 g/mol. The van der Waals surface area contributed by atoms with E-state index in [-0.39, 0.29) is 0 Å². The van der Waals surface area contributed by atoms with Crippen LogP contribution in [0.1, 0.15) is 18.4 Å². The molecular weight excluding hydrogens is 291 g/mol. The van der Waals surface area contributed by atoms with Crippen molar-refractivity contribution in [2.75, 3.05) is 14.2 Å². The lowest BCUT2D eigenvalue weighted by molar-refractivity contribution is 0.354. The van der Waals surface area contributed by atoms with Crippen LogP contribution in [0.3, 0.4) is 0 Å². The fraction of sp³-hybridized carbons (Fsp3) is 0.455. The second-order valence-electron chi connectivity index (χ2n) is 3.54. The average Bonchev–Trinajstić information content (AvgIpc) is 2.97. The van der Waals surface area contributed by atoms with Gasteiger partial charge in [-0.15, -0.1) is 0 Å². The van der Waals surface area contributed by atoms with Gasteiger partial charge >= 0.3 is 0 Å². The molecule has 3 heteroatoms. The predicted molar refractivity (Wildman–Crippen MR) is 64.5 cm³/mol. The molecule has 0 atom stereocenters. The Labute approximate surface area is 97.7 Å². The topological polar surface area (TPSA) is 18.5 Å². The summed E-state index contributed by atoms with van der Waals surface area (Å²) in [6.07, 6.45) is 2.53. The molecule has 0 radical (unpaired) electrons. The quantitative estimate of drug-likeness (QED) is 0.631. The predicted octanol–water partition coefficient (Wildman–Crippen LogP) is 3.13. The maximum Gasteiger partial charge on any atom is 0.161 e. The summed E-state index contributed by atoms with van der Waals surface area (Å²) in [6, 6.07) is 6.19. The Bertz CT molecular complexity index is 345. The third-order valence-corrected chi connectivity index (χ3v) is 4.29. The molecule has 1 fully saturated rings. The van der Waals surface area contributed by atoms with Gasteiger partial charge in [0.25, 0.3) is 0 Å². The summed E-state index contributed by atoms with van der Waals surface area (Å²) in [5, 5.41) is 0. The monoisotopic (exact) mass is 304 g/mol. The fourth-order valence-electron chi connectivity index (χ4n) is 1.51. The normalized spacial score (nSPS) is 17.6. The van der Waals surface area contributed by atoms with Crippen LogP contribution in [0.25, 0.3) is 0 Å². The lowest BCUT2D eigenvalue weighted by Crippen LogP contribution is -1.97. The van der Waals surface area contributed by atoms with Crippen LogP contribution >= 0.6 is 22.6 Å². The first-order chi connectivity index (χ1) is 6.69. The lowest BCUT2D eigenvalue weighted by atomic mass is 10.1. The van der Waals surface area contributed by atoms with E-state index in [0.717, 1.165) is 11.5 Å². The smallest absolute Gasteiger partial charge is 0.161 e. The van der Waals surface area contributed by atoms with Gasteiger partial charge in [0, 0.05) is 3.42 Å². The van der Waals surface area contributed by atoms with E-state index in [0.29, 0.717) is 3.42 Å². The standard InChI is InChI=1S/C11H13IO2/c1-13-9-4-3-8(7-10(9)14-2)11(12)5-6-11/h3-4,7H,5-6H2,1-2H3. The van der Waals surface area contributed by atoms with Crippen LogP contribution in [0, 0.1) is 0 Å². The number of hydrogen-bond donors (Lipinski definition) is 0.